The summed E-state index contributed by atoms with van der Waals surface area (Å²) in [6.07, 6.45) is 19.4. The molecule has 0 spiro atoms. The Morgan fingerprint density at radius 1 is 1.04 bits per heavy atom. The molecule has 1 heterocycles. The lowest BCUT2D eigenvalue weighted by molar-refractivity contribution is -0.108. The van der Waals surface area contributed by atoms with Crippen LogP contribution in [0.5, 0.6) is 0 Å². The zero-order valence-electron chi connectivity index (χ0n) is 18.5. The van der Waals surface area contributed by atoms with E-state index < -0.39 is 0 Å². The predicted octanol–water partition coefficient (Wildman–Crippen LogP) is 6.44. The topological polar surface area (TPSA) is 39.2 Å². The second-order valence-electron chi connectivity index (χ2n) is 7.06. The van der Waals surface area contributed by atoms with Gasteiger partial charge < -0.3 is 9.53 Å². The number of methoxy groups -OCH3 is 1. The van der Waals surface area contributed by atoms with Crippen LogP contribution in [0.2, 0.25) is 0 Å². The molecule has 0 aromatic carbocycles. The third-order valence-electron chi connectivity index (χ3n) is 5.23. The number of ether oxygens (including phenoxy) is 1. The van der Waals surface area contributed by atoms with Crippen molar-refractivity contribution in [3.05, 3.63) is 40.7 Å². The number of fused-ring (bicyclic) bond motifs is 1. The van der Waals surface area contributed by atoms with Crippen molar-refractivity contribution in [2.45, 2.75) is 85.2 Å². The summed E-state index contributed by atoms with van der Waals surface area (Å²) in [6.45, 7) is 8.27. The number of carbonyl (C=O) groups excluding carboxylic acids is 1. The van der Waals surface area contributed by atoms with Crippen LogP contribution in [0.4, 0.5) is 0 Å². The summed E-state index contributed by atoms with van der Waals surface area (Å²) >= 11 is 0. The monoisotopic (exact) mass is 385 g/mol. The summed E-state index contributed by atoms with van der Waals surface area (Å²) < 4.78 is 5.27. The van der Waals surface area contributed by atoms with Gasteiger partial charge in [-0.2, -0.15) is 0 Å². The number of allylic oxidation sites excluding steroid dienone is 2. The van der Waals surface area contributed by atoms with E-state index in [0.717, 1.165) is 36.1 Å². The van der Waals surface area contributed by atoms with E-state index in [2.05, 4.69) is 24.9 Å². The van der Waals surface area contributed by atoms with Gasteiger partial charge in [-0.1, -0.05) is 71.6 Å². The van der Waals surface area contributed by atoms with Crippen molar-refractivity contribution < 1.29 is 9.53 Å². The first-order valence-corrected chi connectivity index (χ1v) is 11.1. The standard InChI is InChI=1S/C15H17NO.C8H16O.C2H6/c1-3-12-9-13-7-5-11(10-17)6-8-15(13)16-14(12)4-2;1-9-8-6-4-2-3-5-7-8;1-2/h5-11H,3-4H2,1-2H3;8H,2-7H2,1H3;1-2H3. The molecule has 3 rings (SSSR count). The zero-order chi connectivity index (χ0) is 20.8. The average Bonchev–Trinajstić information content (AvgIpc) is 3.15. The number of aldehydes is 1. The van der Waals surface area contributed by atoms with Gasteiger partial charge in [0, 0.05) is 18.4 Å². The molecule has 3 heteroatoms. The molecule has 1 saturated carbocycles. The second kappa shape index (κ2) is 14.3. The molecule has 0 saturated heterocycles. The van der Waals surface area contributed by atoms with Gasteiger partial charge in [-0.3, -0.25) is 4.98 Å². The number of aryl methyl sites for hydroxylation is 2. The van der Waals surface area contributed by atoms with Crippen molar-refractivity contribution in [1.29, 1.82) is 0 Å². The lowest BCUT2D eigenvalue weighted by Crippen LogP contribution is -2.07. The number of aromatic nitrogens is 1. The van der Waals surface area contributed by atoms with Gasteiger partial charge in [0.2, 0.25) is 0 Å². The van der Waals surface area contributed by atoms with Gasteiger partial charge in [0.15, 0.2) is 0 Å². The molecule has 0 N–H and O–H groups in total. The Morgan fingerprint density at radius 2 is 1.68 bits per heavy atom. The highest BCUT2D eigenvalue weighted by atomic mass is 16.5. The molecule has 1 unspecified atom stereocenters. The smallest absolute Gasteiger partial charge is 0.130 e. The Balaban J connectivity index is 0.000000301. The first kappa shape index (κ1) is 24.3. The number of hydrogen-bond acceptors (Lipinski definition) is 3. The Morgan fingerprint density at radius 3 is 2.21 bits per heavy atom. The molecule has 1 atom stereocenters. The molecule has 1 aromatic heterocycles. The van der Waals surface area contributed by atoms with Gasteiger partial charge in [-0.05, 0) is 43.4 Å². The Bertz CT molecular complexity index is 585. The lowest BCUT2D eigenvalue weighted by atomic mass is 10.0. The minimum absolute atomic E-state index is 0.126. The van der Waals surface area contributed by atoms with E-state index in [1.807, 2.05) is 45.3 Å². The fourth-order valence-electron chi connectivity index (χ4n) is 3.56. The van der Waals surface area contributed by atoms with Crippen LogP contribution in [-0.2, 0) is 22.4 Å². The maximum atomic E-state index is 10.8. The molecule has 156 valence electrons. The molecule has 28 heavy (non-hydrogen) atoms. The van der Waals surface area contributed by atoms with E-state index in [9.17, 15) is 4.79 Å². The van der Waals surface area contributed by atoms with Crippen LogP contribution in [0.15, 0.2) is 18.2 Å². The predicted molar refractivity (Wildman–Crippen MR) is 120 cm³/mol. The highest BCUT2D eigenvalue weighted by Crippen LogP contribution is 2.21. The van der Waals surface area contributed by atoms with Gasteiger partial charge >= 0.3 is 0 Å². The van der Waals surface area contributed by atoms with E-state index in [1.165, 1.54) is 44.1 Å². The van der Waals surface area contributed by atoms with Crippen LogP contribution in [0.3, 0.4) is 0 Å². The van der Waals surface area contributed by atoms with E-state index >= 15 is 0 Å². The van der Waals surface area contributed by atoms with Crippen LogP contribution in [0.25, 0.3) is 12.2 Å². The van der Waals surface area contributed by atoms with Crippen LogP contribution in [0.1, 0.15) is 88.7 Å². The molecular weight excluding hydrogens is 346 g/mol. The zero-order valence-corrected chi connectivity index (χ0v) is 18.5. The van der Waals surface area contributed by atoms with Crippen molar-refractivity contribution in [3.8, 4) is 0 Å². The lowest BCUT2D eigenvalue weighted by Gasteiger charge is -2.09. The Kier molecular flexibility index (Phi) is 12.4. The molecule has 1 aromatic rings. The van der Waals surface area contributed by atoms with E-state index in [4.69, 9.17) is 4.74 Å². The van der Waals surface area contributed by atoms with E-state index in [-0.39, 0.29) is 5.92 Å². The Hall–Kier alpha value is -1.74. The van der Waals surface area contributed by atoms with Gasteiger partial charge in [0.05, 0.1) is 17.7 Å². The van der Waals surface area contributed by atoms with Crippen LogP contribution >= 0.6 is 0 Å². The van der Waals surface area contributed by atoms with Crippen molar-refractivity contribution in [2.75, 3.05) is 7.11 Å². The molecule has 3 nitrogen and oxygen atoms in total. The van der Waals surface area contributed by atoms with E-state index in [1.54, 1.807) is 0 Å². The second-order valence-corrected chi connectivity index (χ2v) is 7.06. The van der Waals surface area contributed by atoms with E-state index in [0.29, 0.717) is 6.10 Å². The minimum atomic E-state index is -0.126. The highest BCUT2D eigenvalue weighted by molar-refractivity contribution is 5.73. The fourth-order valence-corrected chi connectivity index (χ4v) is 3.56. The van der Waals surface area contributed by atoms with Crippen LogP contribution in [-0.4, -0.2) is 24.5 Å². The van der Waals surface area contributed by atoms with Crippen molar-refractivity contribution in [3.63, 3.8) is 0 Å². The van der Waals surface area contributed by atoms with Crippen molar-refractivity contribution in [1.82, 2.24) is 4.98 Å². The molecule has 0 radical (unpaired) electrons. The summed E-state index contributed by atoms with van der Waals surface area (Å²) in [4.78, 5) is 15.5. The third-order valence-corrected chi connectivity index (χ3v) is 5.23. The van der Waals surface area contributed by atoms with Gasteiger partial charge in [0.1, 0.15) is 6.29 Å². The summed E-state index contributed by atoms with van der Waals surface area (Å²) in [6, 6.07) is 2.19. The highest BCUT2D eigenvalue weighted by Gasteiger charge is 2.10. The maximum Gasteiger partial charge on any atom is 0.130 e. The number of carbonyl (C=O) groups is 1. The molecule has 0 bridgehead atoms. The molecule has 0 amide bonds. The minimum Gasteiger partial charge on any atom is -0.381 e. The SMILES string of the molecule is CC.CCc1cc2c(nc1CC)C=CC(C=O)C=C2.COC1CCCCCC1. The first-order valence-electron chi connectivity index (χ1n) is 11.1. The molecule has 1 fully saturated rings. The number of nitrogens with zero attached hydrogens (tertiary/aromatic N) is 1. The first-order chi connectivity index (χ1) is 13.7. The maximum absolute atomic E-state index is 10.8. The van der Waals surface area contributed by atoms with Gasteiger partial charge in [-0.15, -0.1) is 0 Å². The largest absolute Gasteiger partial charge is 0.381 e. The average molecular weight is 386 g/mol. The molecule has 0 aliphatic heterocycles. The van der Waals surface area contributed by atoms with Gasteiger partial charge in [-0.25, -0.2) is 0 Å². The number of rotatable bonds is 4. The van der Waals surface area contributed by atoms with Crippen molar-refractivity contribution in [2.24, 2.45) is 5.92 Å². The summed E-state index contributed by atoms with van der Waals surface area (Å²) in [5.41, 5.74) is 4.54. The summed E-state index contributed by atoms with van der Waals surface area (Å²) in [5.74, 6) is -0.126. The molecular formula is C25H39NO2. The summed E-state index contributed by atoms with van der Waals surface area (Å²) in [5, 5.41) is 0. The number of pyridine rings is 1. The molecule has 2 aliphatic carbocycles. The Labute approximate surface area is 172 Å². The van der Waals surface area contributed by atoms with Gasteiger partial charge in [0.25, 0.3) is 0 Å². The fraction of sp³-hybridized carbons (Fsp3) is 0.600. The third kappa shape index (κ3) is 7.71. The quantitative estimate of drug-likeness (QED) is 0.442. The summed E-state index contributed by atoms with van der Waals surface area (Å²) in [7, 11) is 1.83. The van der Waals surface area contributed by atoms with Crippen LogP contribution in [0, 0.1) is 5.92 Å². The molecule has 2 aliphatic rings. The number of hydrogen-bond donors (Lipinski definition) is 0. The van der Waals surface area contributed by atoms with Crippen molar-refractivity contribution >= 4 is 18.4 Å². The van der Waals surface area contributed by atoms with Crippen LogP contribution < -0.4 is 0 Å². The normalized spacial score (nSPS) is 18.5.